The average molecular weight is 346 g/mol. The van der Waals surface area contributed by atoms with Crippen molar-refractivity contribution in [3.05, 3.63) is 21.8 Å². The zero-order chi connectivity index (χ0) is 6.91. The molecule has 1 rings (SSSR count). The van der Waals surface area contributed by atoms with Gasteiger partial charge < -0.3 is 0 Å². The Morgan fingerprint density at radius 1 is 1.67 bits per heavy atom. The first-order chi connectivity index (χ1) is 4.10. The lowest BCUT2D eigenvalue weighted by Crippen LogP contribution is -2.11. The zero-order valence-electron chi connectivity index (χ0n) is 5.20. The molecule has 0 saturated carbocycles. The molecule has 0 heterocycles. The van der Waals surface area contributed by atoms with Crippen molar-refractivity contribution in [3.63, 3.8) is 0 Å². The first-order valence-corrected chi connectivity index (χ1v) is 5.00. The van der Waals surface area contributed by atoms with Crippen molar-refractivity contribution in [1.29, 1.82) is 0 Å². The molecular weight excluding hydrogens is 338 g/mol. The molecule has 9 heavy (non-hydrogen) atoms. The highest BCUT2D eigenvalue weighted by Crippen LogP contribution is 2.31. The molecule has 0 N–H and O–H groups in total. The van der Waals surface area contributed by atoms with Gasteiger partial charge in [0, 0.05) is 7.00 Å². The van der Waals surface area contributed by atoms with Crippen LogP contribution in [0, 0.1) is 0 Å². The molecule has 1 aliphatic rings. The van der Waals surface area contributed by atoms with Crippen molar-refractivity contribution < 1.29 is 0 Å². The highest BCUT2D eigenvalue weighted by molar-refractivity contribution is 14.1. The van der Waals surface area contributed by atoms with Gasteiger partial charge in [-0.05, 0) is 35.9 Å². The third-order valence-corrected chi connectivity index (χ3v) is 2.89. The van der Waals surface area contributed by atoms with Gasteiger partial charge >= 0.3 is 0 Å². The summed E-state index contributed by atoms with van der Waals surface area (Å²) >= 11 is 4.81. The summed E-state index contributed by atoms with van der Waals surface area (Å²) in [5.74, 6) is 0. The maximum absolute atomic E-state index is 2.47. The second-order valence-corrected chi connectivity index (χ2v) is 6.11. The summed E-state index contributed by atoms with van der Waals surface area (Å²) in [7, 11) is 0. The summed E-state index contributed by atoms with van der Waals surface area (Å²) in [6.45, 7) is 2.24. The topological polar surface area (TPSA) is 0 Å². The fraction of sp³-hybridized carbons (Fsp3) is 0.429. The Labute approximate surface area is 83.1 Å². The van der Waals surface area contributed by atoms with E-state index in [0.29, 0.717) is 3.42 Å². The van der Waals surface area contributed by atoms with Crippen LogP contribution in [0.25, 0.3) is 0 Å². The van der Waals surface area contributed by atoms with Crippen LogP contribution in [0.3, 0.4) is 0 Å². The van der Waals surface area contributed by atoms with Crippen LogP contribution in [0.2, 0.25) is 0 Å². The number of hydrogen-bond acceptors (Lipinski definition) is 0. The smallest absolute Gasteiger partial charge is 0.0411 e. The quantitative estimate of drug-likeness (QED) is 0.466. The summed E-state index contributed by atoms with van der Waals surface area (Å²) in [5, 5.41) is 0. The van der Waals surface area contributed by atoms with Gasteiger partial charge in [-0.2, -0.15) is 0 Å². The van der Waals surface area contributed by atoms with E-state index in [0.717, 1.165) is 0 Å². The normalized spacial score (nSPS) is 34.3. The zero-order valence-corrected chi connectivity index (χ0v) is 9.51. The van der Waals surface area contributed by atoms with Gasteiger partial charge in [-0.3, -0.25) is 0 Å². The Kier molecular flexibility index (Phi) is 2.59. The molecule has 0 radical (unpaired) electrons. The molecule has 2 heteroatoms. The van der Waals surface area contributed by atoms with Crippen molar-refractivity contribution in [3.8, 4) is 0 Å². The Bertz CT molecular complexity index is 166. The van der Waals surface area contributed by atoms with Gasteiger partial charge in [-0.25, -0.2) is 0 Å². The first-order valence-electron chi connectivity index (χ1n) is 2.84. The van der Waals surface area contributed by atoms with E-state index < -0.39 is 0 Å². The molecule has 0 aliphatic heterocycles. The van der Waals surface area contributed by atoms with Crippen molar-refractivity contribution in [2.45, 2.75) is 16.8 Å². The minimum Gasteiger partial charge on any atom is -0.0743 e. The number of hydrogen-bond donors (Lipinski definition) is 0. The lowest BCUT2D eigenvalue weighted by Gasteiger charge is -2.18. The van der Waals surface area contributed by atoms with Crippen LogP contribution in [0.4, 0.5) is 0 Å². The van der Waals surface area contributed by atoms with Crippen LogP contribution in [0.15, 0.2) is 21.8 Å². The Hall–Kier alpha value is 0.940. The number of alkyl halides is 1. The monoisotopic (exact) mass is 346 g/mol. The number of allylic oxidation sites excluding steroid dienone is 4. The molecule has 0 fully saturated rings. The predicted molar refractivity (Wildman–Crippen MR) is 58.3 cm³/mol. The SMILES string of the molecule is CC1(I)C=CC(I)=CC1. The minimum absolute atomic E-state index is 0.367. The van der Waals surface area contributed by atoms with Crippen LogP contribution in [-0.2, 0) is 0 Å². The third-order valence-electron chi connectivity index (χ3n) is 1.29. The maximum Gasteiger partial charge on any atom is 0.0411 e. The van der Waals surface area contributed by atoms with Gasteiger partial charge in [-0.15, -0.1) is 0 Å². The molecule has 1 aliphatic carbocycles. The molecule has 50 valence electrons. The largest absolute Gasteiger partial charge is 0.0743 e. The van der Waals surface area contributed by atoms with Crippen molar-refractivity contribution in [1.82, 2.24) is 0 Å². The van der Waals surface area contributed by atoms with E-state index in [9.17, 15) is 0 Å². The van der Waals surface area contributed by atoms with E-state index in [-0.39, 0.29) is 0 Å². The van der Waals surface area contributed by atoms with E-state index >= 15 is 0 Å². The Morgan fingerprint density at radius 2 is 2.33 bits per heavy atom. The van der Waals surface area contributed by atoms with E-state index in [4.69, 9.17) is 0 Å². The van der Waals surface area contributed by atoms with Gasteiger partial charge in [0.05, 0.1) is 0 Å². The highest BCUT2D eigenvalue weighted by atomic mass is 127. The molecule has 1 atom stereocenters. The Balaban J connectivity index is 2.70. The molecule has 0 aromatic rings. The standard InChI is InChI=1S/C7H8I2/c1-7(9)4-2-6(8)3-5-7/h2-4H,5H2,1H3. The molecule has 0 nitrogen and oxygen atoms in total. The average Bonchev–Trinajstić information content (AvgIpc) is 1.78. The van der Waals surface area contributed by atoms with E-state index in [1.54, 1.807) is 0 Å². The Morgan fingerprint density at radius 3 is 2.67 bits per heavy atom. The predicted octanol–water partition coefficient (Wildman–Crippen LogP) is 3.46. The van der Waals surface area contributed by atoms with Crippen LogP contribution >= 0.6 is 45.2 Å². The van der Waals surface area contributed by atoms with Gasteiger partial charge in [0.15, 0.2) is 0 Å². The van der Waals surface area contributed by atoms with E-state index in [2.05, 4.69) is 70.3 Å². The van der Waals surface area contributed by atoms with Gasteiger partial charge in [0.1, 0.15) is 0 Å². The molecule has 0 aromatic carbocycles. The van der Waals surface area contributed by atoms with Gasteiger partial charge in [-0.1, -0.05) is 40.8 Å². The first kappa shape index (κ1) is 8.04. The molecule has 0 aromatic heterocycles. The fourth-order valence-electron chi connectivity index (χ4n) is 0.687. The fourth-order valence-corrected chi connectivity index (χ4v) is 1.49. The van der Waals surface area contributed by atoms with Gasteiger partial charge in [0.25, 0.3) is 0 Å². The van der Waals surface area contributed by atoms with Crippen molar-refractivity contribution in [2.24, 2.45) is 0 Å². The number of halogens is 2. The molecule has 0 spiro atoms. The van der Waals surface area contributed by atoms with Crippen LogP contribution in [-0.4, -0.2) is 3.42 Å². The summed E-state index contributed by atoms with van der Waals surface area (Å²) in [6.07, 6.45) is 7.88. The molecule has 0 bridgehead atoms. The van der Waals surface area contributed by atoms with Crippen LogP contribution in [0.5, 0.6) is 0 Å². The van der Waals surface area contributed by atoms with Crippen molar-refractivity contribution >= 4 is 45.2 Å². The summed E-state index contributed by atoms with van der Waals surface area (Å²) in [5.41, 5.74) is 0. The second-order valence-electron chi connectivity index (χ2n) is 2.40. The van der Waals surface area contributed by atoms with Crippen LogP contribution in [0.1, 0.15) is 13.3 Å². The maximum atomic E-state index is 2.47. The summed E-state index contributed by atoms with van der Waals surface area (Å²) < 4.78 is 1.73. The second kappa shape index (κ2) is 2.90. The summed E-state index contributed by atoms with van der Waals surface area (Å²) in [6, 6.07) is 0. The summed E-state index contributed by atoms with van der Waals surface area (Å²) in [4.78, 5) is 0. The lowest BCUT2D eigenvalue weighted by atomic mass is 10.0. The minimum atomic E-state index is 0.367. The molecule has 0 amide bonds. The van der Waals surface area contributed by atoms with Crippen molar-refractivity contribution in [2.75, 3.05) is 0 Å². The third kappa shape index (κ3) is 2.57. The number of rotatable bonds is 0. The molecule has 1 unspecified atom stereocenters. The van der Waals surface area contributed by atoms with E-state index in [1.165, 1.54) is 10.0 Å². The molecule has 0 saturated heterocycles. The van der Waals surface area contributed by atoms with E-state index in [1.807, 2.05) is 0 Å². The lowest BCUT2D eigenvalue weighted by molar-refractivity contribution is 0.835. The van der Waals surface area contributed by atoms with Gasteiger partial charge in [0.2, 0.25) is 0 Å². The highest BCUT2D eigenvalue weighted by Gasteiger charge is 2.16. The van der Waals surface area contributed by atoms with Crippen LogP contribution < -0.4 is 0 Å². The molecular formula is C7H8I2.